The van der Waals surface area contributed by atoms with E-state index >= 15 is 0 Å². The van der Waals surface area contributed by atoms with Crippen molar-refractivity contribution in [1.29, 1.82) is 0 Å². The molecule has 0 radical (unpaired) electrons. The molecule has 3 aliphatic carbocycles. The third-order valence-electron chi connectivity index (χ3n) is 10.4. The van der Waals surface area contributed by atoms with Gasteiger partial charge in [-0.25, -0.2) is 0 Å². The van der Waals surface area contributed by atoms with Crippen molar-refractivity contribution in [2.75, 3.05) is 16.0 Å². The maximum absolute atomic E-state index is 13.3. The third-order valence-corrected chi connectivity index (χ3v) is 10.4. The average Bonchev–Trinajstić information content (AvgIpc) is 2.92. The average molecular weight is 566 g/mol. The molecule has 4 rings (SSSR count). The van der Waals surface area contributed by atoms with Crippen LogP contribution < -0.4 is 16.0 Å². The molecule has 0 bridgehead atoms. The first-order valence-corrected chi connectivity index (χ1v) is 16.4. The Bertz CT molecular complexity index is 995. The minimum absolute atomic E-state index is 0.00914. The van der Waals surface area contributed by atoms with Gasteiger partial charge in [0.25, 0.3) is 0 Å². The summed E-state index contributed by atoms with van der Waals surface area (Å²) in [6.07, 6.45) is 13.1. The zero-order valence-corrected chi connectivity index (χ0v) is 26.5. The summed E-state index contributed by atoms with van der Waals surface area (Å²) in [6, 6.07) is 5.51. The van der Waals surface area contributed by atoms with E-state index in [2.05, 4.69) is 57.5 Å². The molecule has 0 atom stereocenters. The zero-order valence-electron chi connectivity index (χ0n) is 26.5. The van der Waals surface area contributed by atoms with Gasteiger partial charge in [-0.2, -0.15) is 0 Å². The Balaban J connectivity index is 1.45. The van der Waals surface area contributed by atoms with E-state index in [1.54, 1.807) is 0 Å². The summed E-state index contributed by atoms with van der Waals surface area (Å²) < 4.78 is 0. The Hall–Kier alpha value is -2.37. The standard InChI is InChI=1S/C35H55N3O3/c1-34(2,3)26-16-12-24(13-17-26)32(40)37-29-20-28(36-31(39)23-10-8-7-9-11-23)21-30(22-29)38-33(41)25-14-18-27(19-15-25)35(4,5)6/h20-27H,7-19H2,1-6H3,(H,36,39)(H,37,40)(H,38,41)/t24-,25-,26+,27+. The van der Waals surface area contributed by atoms with Gasteiger partial charge in [-0.05, 0) is 105 Å². The highest BCUT2D eigenvalue weighted by Gasteiger charge is 2.34. The Morgan fingerprint density at radius 2 is 0.780 bits per heavy atom. The molecule has 3 aliphatic rings. The molecule has 3 saturated carbocycles. The van der Waals surface area contributed by atoms with E-state index in [0.717, 1.165) is 77.0 Å². The van der Waals surface area contributed by atoms with Crippen LogP contribution >= 0.6 is 0 Å². The van der Waals surface area contributed by atoms with Crippen LogP contribution in [0.4, 0.5) is 17.1 Å². The number of nitrogens with one attached hydrogen (secondary N) is 3. The monoisotopic (exact) mass is 565 g/mol. The first-order chi connectivity index (χ1) is 19.3. The van der Waals surface area contributed by atoms with Crippen LogP contribution in [0.3, 0.4) is 0 Å². The van der Waals surface area contributed by atoms with Gasteiger partial charge >= 0.3 is 0 Å². The molecule has 6 heteroatoms. The highest BCUT2D eigenvalue weighted by atomic mass is 16.2. The molecule has 0 saturated heterocycles. The van der Waals surface area contributed by atoms with E-state index in [-0.39, 0.29) is 46.3 Å². The van der Waals surface area contributed by atoms with Crippen LogP contribution in [0, 0.1) is 40.4 Å². The first kappa shape index (κ1) is 31.6. The van der Waals surface area contributed by atoms with Gasteiger partial charge in [-0.1, -0.05) is 60.8 Å². The SMILES string of the molecule is CC(C)(C)[C@H]1CC[C@@H](C(=O)Nc2cc(NC(=O)C3CCCCC3)cc(NC(=O)[C@H]3CC[C@@H](C(C)(C)C)CC3)c2)CC1. The molecule has 3 amide bonds. The molecule has 0 aromatic heterocycles. The second kappa shape index (κ2) is 13.3. The van der Waals surface area contributed by atoms with Crippen LogP contribution in [-0.4, -0.2) is 17.7 Å². The molecule has 0 heterocycles. The summed E-state index contributed by atoms with van der Waals surface area (Å²) in [7, 11) is 0. The van der Waals surface area contributed by atoms with E-state index in [4.69, 9.17) is 0 Å². The highest BCUT2D eigenvalue weighted by Crippen LogP contribution is 2.41. The minimum Gasteiger partial charge on any atom is -0.326 e. The molecule has 3 fully saturated rings. The molecule has 41 heavy (non-hydrogen) atoms. The maximum atomic E-state index is 13.3. The number of hydrogen-bond donors (Lipinski definition) is 3. The van der Waals surface area contributed by atoms with Gasteiger partial charge < -0.3 is 16.0 Å². The van der Waals surface area contributed by atoms with Crippen LogP contribution in [0.15, 0.2) is 18.2 Å². The predicted molar refractivity (Wildman–Crippen MR) is 169 cm³/mol. The Morgan fingerprint density at radius 3 is 1.07 bits per heavy atom. The number of carbonyl (C=O) groups excluding carboxylic acids is 3. The molecule has 1 aromatic carbocycles. The molecular weight excluding hydrogens is 510 g/mol. The summed E-state index contributed by atoms with van der Waals surface area (Å²) >= 11 is 0. The van der Waals surface area contributed by atoms with Gasteiger partial charge in [0.15, 0.2) is 0 Å². The maximum Gasteiger partial charge on any atom is 0.227 e. The van der Waals surface area contributed by atoms with E-state index < -0.39 is 0 Å². The minimum atomic E-state index is -0.00914. The number of anilines is 3. The van der Waals surface area contributed by atoms with E-state index in [0.29, 0.717) is 28.9 Å². The fourth-order valence-electron chi connectivity index (χ4n) is 7.39. The van der Waals surface area contributed by atoms with Crippen LogP contribution in [0.2, 0.25) is 0 Å². The molecule has 228 valence electrons. The van der Waals surface area contributed by atoms with E-state index in [1.165, 1.54) is 6.42 Å². The topological polar surface area (TPSA) is 87.3 Å². The lowest BCUT2D eigenvalue weighted by Gasteiger charge is -2.36. The second-order valence-electron chi connectivity index (χ2n) is 15.4. The fraction of sp³-hybridized carbons (Fsp3) is 0.743. The molecule has 3 N–H and O–H groups in total. The van der Waals surface area contributed by atoms with Crippen molar-refractivity contribution in [3.63, 3.8) is 0 Å². The lowest BCUT2D eigenvalue weighted by atomic mass is 9.69. The van der Waals surface area contributed by atoms with Gasteiger partial charge in [-0.15, -0.1) is 0 Å². The molecule has 0 spiro atoms. The molecule has 1 aromatic rings. The van der Waals surface area contributed by atoms with Crippen LogP contribution in [0.1, 0.15) is 125 Å². The molecular formula is C35H55N3O3. The molecule has 0 aliphatic heterocycles. The summed E-state index contributed by atoms with van der Waals surface area (Å²) in [5.74, 6) is 1.39. The third kappa shape index (κ3) is 8.81. The number of rotatable bonds is 6. The Morgan fingerprint density at radius 1 is 0.488 bits per heavy atom. The van der Waals surface area contributed by atoms with E-state index in [9.17, 15) is 14.4 Å². The largest absolute Gasteiger partial charge is 0.326 e. The van der Waals surface area contributed by atoms with Crippen molar-refractivity contribution in [3.05, 3.63) is 18.2 Å². The van der Waals surface area contributed by atoms with Gasteiger partial charge in [-0.3, -0.25) is 14.4 Å². The zero-order chi connectivity index (χ0) is 29.8. The van der Waals surface area contributed by atoms with E-state index in [1.807, 2.05) is 18.2 Å². The van der Waals surface area contributed by atoms with Crippen LogP contribution in [-0.2, 0) is 14.4 Å². The number of benzene rings is 1. The van der Waals surface area contributed by atoms with Gasteiger partial charge in [0.05, 0.1) is 0 Å². The quantitative estimate of drug-likeness (QED) is 0.322. The summed E-state index contributed by atoms with van der Waals surface area (Å²) in [4.78, 5) is 39.7. The van der Waals surface area contributed by atoms with Gasteiger partial charge in [0.1, 0.15) is 0 Å². The first-order valence-electron chi connectivity index (χ1n) is 16.4. The smallest absolute Gasteiger partial charge is 0.227 e. The van der Waals surface area contributed by atoms with Crippen molar-refractivity contribution < 1.29 is 14.4 Å². The van der Waals surface area contributed by atoms with Crippen molar-refractivity contribution in [2.24, 2.45) is 40.4 Å². The van der Waals surface area contributed by atoms with Gasteiger partial charge in [0, 0.05) is 34.8 Å². The number of amides is 3. The summed E-state index contributed by atoms with van der Waals surface area (Å²) in [5.41, 5.74) is 2.42. The Labute approximate surface area is 248 Å². The van der Waals surface area contributed by atoms with Crippen LogP contribution in [0.25, 0.3) is 0 Å². The Kier molecular flexibility index (Phi) is 10.2. The van der Waals surface area contributed by atoms with Crippen LogP contribution in [0.5, 0.6) is 0 Å². The predicted octanol–water partition coefficient (Wildman–Crippen LogP) is 8.79. The van der Waals surface area contributed by atoms with Crippen molar-refractivity contribution in [1.82, 2.24) is 0 Å². The van der Waals surface area contributed by atoms with Crippen molar-refractivity contribution in [2.45, 2.75) is 125 Å². The fourth-order valence-corrected chi connectivity index (χ4v) is 7.39. The van der Waals surface area contributed by atoms with Gasteiger partial charge in [0.2, 0.25) is 17.7 Å². The second-order valence-corrected chi connectivity index (χ2v) is 15.4. The molecule has 0 unspecified atom stereocenters. The summed E-state index contributed by atoms with van der Waals surface area (Å²) in [6.45, 7) is 13.7. The normalized spacial score (nSPS) is 26.2. The van der Waals surface area contributed by atoms with Crippen molar-refractivity contribution >= 4 is 34.8 Å². The highest BCUT2D eigenvalue weighted by molar-refractivity contribution is 5.99. The van der Waals surface area contributed by atoms with Crippen molar-refractivity contribution in [3.8, 4) is 0 Å². The number of carbonyl (C=O) groups is 3. The summed E-state index contributed by atoms with van der Waals surface area (Å²) in [5, 5.41) is 9.37. The lowest BCUT2D eigenvalue weighted by Crippen LogP contribution is -2.32. The number of hydrogen-bond acceptors (Lipinski definition) is 3. The molecule has 6 nitrogen and oxygen atoms in total. The lowest BCUT2D eigenvalue weighted by molar-refractivity contribution is -0.122.